The topological polar surface area (TPSA) is 21.3 Å². The number of rotatable bonds is 6. The highest BCUT2D eigenvalue weighted by molar-refractivity contribution is 5.25. The van der Waals surface area contributed by atoms with Crippen LogP contribution in [0.4, 0.5) is 0 Å². The molecule has 2 heteroatoms. The lowest BCUT2D eigenvalue weighted by atomic mass is 9.75. The third-order valence-corrected chi connectivity index (χ3v) is 4.66. The summed E-state index contributed by atoms with van der Waals surface area (Å²) >= 11 is 0. The van der Waals surface area contributed by atoms with Crippen molar-refractivity contribution < 1.29 is 4.74 Å². The first-order valence-electron chi connectivity index (χ1n) is 8.41. The minimum Gasteiger partial charge on any atom is -0.381 e. The molecule has 2 nitrogen and oxygen atoms in total. The van der Waals surface area contributed by atoms with Gasteiger partial charge in [0, 0.05) is 25.8 Å². The van der Waals surface area contributed by atoms with E-state index in [0.717, 1.165) is 26.2 Å². The molecule has 1 fully saturated rings. The molecule has 0 spiro atoms. The van der Waals surface area contributed by atoms with E-state index in [1.807, 2.05) is 0 Å². The standard InChI is InChI=1S/C19H31NO/c1-15(2)18-7-5-17(6-8-18)13-19(14-20-16(3)4)9-11-21-12-10-19/h5-8,15-16,20H,9-14H2,1-4H3. The second-order valence-corrected chi connectivity index (χ2v) is 7.22. The maximum absolute atomic E-state index is 5.59. The molecule has 0 aromatic heterocycles. The molecular formula is C19H31NO. The molecule has 21 heavy (non-hydrogen) atoms. The van der Waals surface area contributed by atoms with E-state index >= 15 is 0 Å². The molecule has 0 aliphatic carbocycles. The van der Waals surface area contributed by atoms with Crippen molar-refractivity contribution in [1.29, 1.82) is 0 Å². The minimum absolute atomic E-state index is 0.363. The van der Waals surface area contributed by atoms with Crippen LogP contribution >= 0.6 is 0 Å². The summed E-state index contributed by atoms with van der Waals surface area (Å²) in [5.74, 6) is 0.610. The van der Waals surface area contributed by atoms with Crippen LogP contribution in [0.1, 0.15) is 57.6 Å². The first-order valence-corrected chi connectivity index (χ1v) is 8.41. The second-order valence-electron chi connectivity index (χ2n) is 7.22. The van der Waals surface area contributed by atoms with Crippen LogP contribution in [-0.4, -0.2) is 25.8 Å². The summed E-state index contributed by atoms with van der Waals surface area (Å²) in [7, 11) is 0. The van der Waals surface area contributed by atoms with E-state index in [0.29, 0.717) is 17.4 Å². The Hall–Kier alpha value is -0.860. The average Bonchev–Trinajstić information content (AvgIpc) is 2.47. The predicted octanol–water partition coefficient (Wildman–Crippen LogP) is 4.15. The molecule has 0 saturated carbocycles. The summed E-state index contributed by atoms with van der Waals surface area (Å²) in [4.78, 5) is 0. The molecule has 0 radical (unpaired) electrons. The van der Waals surface area contributed by atoms with Crippen LogP contribution in [0.15, 0.2) is 24.3 Å². The minimum atomic E-state index is 0.363. The molecule has 1 aliphatic rings. The molecule has 118 valence electrons. The molecule has 0 bridgehead atoms. The van der Waals surface area contributed by atoms with Crippen molar-refractivity contribution in [2.24, 2.45) is 5.41 Å². The van der Waals surface area contributed by atoms with E-state index in [1.54, 1.807) is 0 Å². The van der Waals surface area contributed by atoms with Crippen molar-refractivity contribution in [1.82, 2.24) is 5.32 Å². The Morgan fingerprint density at radius 3 is 2.19 bits per heavy atom. The van der Waals surface area contributed by atoms with Gasteiger partial charge in [-0.1, -0.05) is 52.0 Å². The fraction of sp³-hybridized carbons (Fsp3) is 0.684. The molecule has 0 atom stereocenters. The van der Waals surface area contributed by atoms with E-state index in [-0.39, 0.29) is 0 Å². The Labute approximate surface area is 130 Å². The molecule has 2 rings (SSSR count). The fourth-order valence-corrected chi connectivity index (χ4v) is 3.09. The van der Waals surface area contributed by atoms with Gasteiger partial charge in [-0.25, -0.2) is 0 Å². The van der Waals surface area contributed by atoms with Crippen molar-refractivity contribution in [2.45, 2.75) is 58.9 Å². The van der Waals surface area contributed by atoms with E-state index < -0.39 is 0 Å². The Bertz CT molecular complexity index is 416. The fourth-order valence-electron chi connectivity index (χ4n) is 3.09. The molecule has 1 aromatic carbocycles. The summed E-state index contributed by atoms with van der Waals surface area (Å²) in [6.45, 7) is 11.9. The van der Waals surface area contributed by atoms with Crippen molar-refractivity contribution in [3.05, 3.63) is 35.4 Å². The van der Waals surface area contributed by atoms with E-state index in [2.05, 4.69) is 57.3 Å². The van der Waals surface area contributed by atoms with Crippen LogP contribution in [0.25, 0.3) is 0 Å². The first kappa shape index (κ1) is 16.5. The molecule has 1 aliphatic heterocycles. The lowest BCUT2D eigenvalue weighted by Gasteiger charge is -2.38. The zero-order valence-corrected chi connectivity index (χ0v) is 14.1. The summed E-state index contributed by atoms with van der Waals surface area (Å²) in [5.41, 5.74) is 3.26. The Morgan fingerprint density at radius 1 is 1.05 bits per heavy atom. The molecule has 1 heterocycles. The van der Waals surface area contributed by atoms with Crippen LogP contribution in [0, 0.1) is 5.41 Å². The van der Waals surface area contributed by atoms with E-state index in [9.17, 15) is 0 Å². The van der Waals surface area contributed by atoms with E-state index in [4.69, 9.17) is 4.74 Å². The summed E-state index contributed by atoms with van der Waals surface area (Å²) in [6.07, 6.45) is 3.49. The zero-order valence-electron chi connectivity index (χ0n) is 14.1. The molecule has 0 amide bonds. The van der Waals surface area contributed by atoms with E-state index in [1.165, 1.54) is 24.0 Å². The van der Waals surface area contributed by atoms with Crippen LogP contribution in [0.5, 0.6) is 0 Å². The highest BCUT2D eigenvalue weighted by Crippen LogP contribution is 2.34. The molecule has 0 unspecified atom stereocenters. The average molecular weight is 289 g/mol. The molecule has 1 aromatic rings. The van der Waals surface area contributed by atoms with Gasteiger partial charge in [0.2, 0.25) is 0 Å². The van der Waals surface area contributed by atoms with Gasteiger partial charge in [0.25, 0.3) is 0 Å². The number of hydrogen-bond donors (Lipinski definition) is 1. The monoisotopic (exact) mass is 289 g/mol. The number of nitrogens with one attached hydrogen (secondary N) is 1. The maximum atomic E-state index is 5.59. The summed E-state index contributed by atoms with van der Waals surface area (Å²) in [6, 6.07) is 9.78. The summed E-state index contributed by atoms with van der Waals surface area (Å²) < 4.78 is 5.59. The number of ether oxygens (including phenoxy) is 1. The van der Waals surface area contributed by atoms with Crippen molar-refractivity contribution in [3.63, 3.8) is 0 Å². The normalized spacial score (nSPS) is 18.4. The smallest absolute Gasteiger partial charge is 0.0471 e. The van der Waals surface area contributed by atoms with Gasteiger partial charge < -0.3 is 10.1 Å². The highest BCUT2D eigenvalue weighted by Gasteiger charge is 2.32. The van der Waals surface area contributed by atoms with Gasteiger partial charge in [-0.05, 0) is 41.7 Å². The van der Waals surface area contributed by atoms with Gasteiger partial charge in [0.15, 0.2) is 0 Å². The third-order valence-electron chi connectivity index (χ3n) is 4.66. The van der Waals surface area contributed by atoms with Gasteiger partial charge in [-0.2, -0.15) is 0 Å². The van der Waals surface area contributed by atoms with Crippen LogP contribution < -0.4 is 5.32 Å². The Kier molecular flexibility index (Phi) is 5.83. The van der Waals surface area contributed by atoms with Gasteiger partial charge >= 0.3 is 0 Å². The van der Waals surface area contributed by atoms with Crippen LogP contribution in [0.3, 0.4) is 0 Å². The quantitative estimate of drug-likeness (QED) is 0.849. The lowest BCUT2D eigenvalue weighted by Crippen LogP contribution is -2.42. The highest BCUT2D eigenvalue weighted by atomic mass is 16.5. The maximum Gasteiger partial charge on any atom is 0.0471 e. The lowest BCUT2D eigenvalue weighted by molar-refractivity contribution is 0.0141. The molecule has 1 saturated heterocycles. The summed E-state index contributed by atoms with van der Waals surface area (Å²) in [5, 5.41) is 3.65. The van der Waals surface area contributed by atoms with Crippen molar-refractivity contribution in [2.75, 3.05) is 19.8 Å². The first-order chi connectivity index (χ1) is 10.0. The van der Waals surface area contributed by atoms with Gasteiger partial charge in [0.05, 0.1) is 0 Å². The number of hydrogen-bond acceptors (Lipinski definition) is 2. The zero-order chi connectivity index (χ0) is 15.3. The Balaban J connectivity index is 2.06. The number of benzene rings is 1. The van der Waals surface area contributed by atoms with Crippen molar-refractivity contribution >= 4 is 0 Å². The van der Waals surface area contributed by atoms with Crippen LogP contribution in [0.2, 0.25) is 0 Å². The van der Waals surface area contributed by atoms with Gasteiger partial charge in [-0.15, -0.1) is 0 Å². The van der Waals surface area contributed by atoms with Gasteiger partial charge in [0.1, 0.15) is 0 Å². The van der Waals surface area contributed by atoms with Crippen molar-refractivity contribution in [3.8, 4) is 0 Å². The SMILES string of the molecule is CC(C)NCC1(Cc2ccc(C(C)C)cc2)CCOCC1. The third kappa shape index (κ3) is 4.82. The van der Waals surface area contributed by atoms with Gasteiger partial charge in [-0.3, -0.25) is 0 Å². The largest absolute Gasteiger partial charge is 0.381 e. The molecule has 1 N–H and O–H groups in total. The Morgan fingerprint density at radius 2 is 1.67 bits per heavy atom. The van der Waals surface area contributed by atoms with Crippen LogP contribution in [-0.2, 0) is 11.2 Å². The second kappa shape index (κ2) is 7.42. The molecular weight excluding hydrogens is 258 g/mol. The predicted molar refractivity (Wildman–Crippen MR) is 89.9 cm³/mol.